The van der Waals surface area contributed by atoms with Gasteiger partial charge in [0.05, 0.1) is 5.60 Å². The van der Waals surface area contributed by atoms with E-state index in [0.717, 1.165) is 24.0 Å². The van der Waals surface area contributed by atoms with Crippen LogP contribution in [0.4, 0.5) is 0 Å². The van der Waals surface area contributed by atoms with Crippen LogP contribution in [0.3, 0.4) is 0 Å². The Morgan fingerprint density at radius 1 is 0.760 bits per heavy atom. The van der Waals surface area contributed by atoms with Crippen molar-refractivity contribution in [3.63, 3.8) is 0 Å². The van der Waals surface area contributed by atoms with Crippen LogP contribution in [0.15, 0.2) is 42.5 Å². The molecule has 0 heterocycles. The third-order valence-electron chi connectivity index (χ3n) is 6.08. The molecule has 0 unspecified atom stereocenters. The Morgan fingerprint density at radius 3 is 1.72 bits per heavy atom. The van der Waals surface area contributed by atoms with Crippen LogP contribution < -0.4 is 0 Å². The first-order valence-corrected chi connectivity index (χ1v) is 9.50. The maximum Gasteiger partial charge on any atom is 0.115 e. The van der Waals surface area contributed by atoms with E-state index in [2.05, 4.69) is 39.0 Å². The number of rotatable bonds is 7. The molecule has 0 aliphatic rings. The Kier molecular flexibility index (Phi) is 5.95. The Bertz CT molecular complexity index is 693. The molecule has 0 aliphatic carbocycles. The first kappa shape index (κ1) is 19.5. The Balaban J connectivity index is 2.57. The number of hydrogen-bond acceptors (Lipinski definition) is 2. The highest BCUT2D eigenvalue weighted by molar-refractivity contribution is 5.45. The SMILES string of the molecule is CCC(O)(CC)c1ccc(C(CC)(CC)c2ccc(O)cc2)cc1C. The summed E-state index contributed by atoms with van der Waals surface area (Å²) in [6, 6.07) is 14.1. The Morgan fingerprint density at radius 2 is 1.28 bits per heavy atom. The average molecular weight is 341 g/mol. The summed E-state index contributed by atoms with van der Waals surface area (Å²) in [5, 5.41) is 20.5. The molecule has 2 N–H and O–H groups in total. The van der Waals surface area contributed by atoms with Crippen LogP contribution in [-0.2, 0) is 11.0 Å². The molecular formula is C23H32O2. The Hall–Kier alpha value is -1.80. The summed E-state index contributed by atoms with van der Waals surface area (Å²) in [5.74, 6) is 0.298. The fourth-order valence-electron chi connectivity index (χ4n) is 4.13. The summed E-state index contributed by atoms with van der Waals surface area (Å²) in [5.41, 5.74) is 3.86. The molecule has 2 aromatic carbocycles. The minimum absolute atomic E-state index is 0.0759. The molecule has 2 nitrogen and oxygen atoms in total. The lowest BCUT2D eigenvalue weighted by Crippen LogP contribution is -2.28. The van der Waals surface area contributed by atoms with Gasteiger partial charge in [0.2, 0.25) is 0 Å². The molecule has 0 saturated carbocycles. The fourth-order valence-corrected chi connectivity index (χ4v) is 4.13. The van der Waals surface area contributed by atoms with Gasteiger partial charge in [-0.05, 0) is 67.0 Å². The van der Waals surface area contributed by atoms with Gasteiger partial charge in [-0.15, -0.1) is 0 Å². The molecule has 0 saturated heterocycles. The quantitative estimate of drug-likeness (QED) is 0.667. The zero-order valence-electron chi connectivity index (χ0n) is 16.3. The molecule has 136 valence electrons. The summed E-state index contributed by atoms with van der Waals surface area (Å²) < 4.78 is 0. The van der Waals surface area contributed by atoms with Gasteiger partial charge in [0.15, 0.2) is 0 Å². The third kappa shape index (κ3) is 3.46. The normalized spacial score (nSPS) is 12.4. The van der Waals surface area contributed by atoms with E-state index in [1.165, 1.54) is 11.1 Å². The molecule has 0 aliphatic heterocycles. The van der Waals surface area contributed by atoms with Crippen LogP contribution >= 0.6 is 0 Å². The van der Waals surface area contributed by atoms with E-state index in [4.69, 9.17) is 0 Å². The van der Waals surface area contributed by atoms with Gasteiger partial charge >= 0.3 is 0 Å². The zero-order chi connectivity index (χ0) is 18.7. The minimum Gasteiger partial charge on any atom is -0.508 e. The summed E-state index contributed by atoms with van der Waals surface area (Å²) in [6.07, 6.45) is 3.40. The molecule has 0 aromatic heterocycles. The van der Waals surface area contributed by atoms with E-state index in [0.29, 0.717) is 18.6 Å². The maximum absolute atomic E-state index is 10.9. The molecule has 0 fully saturated rings. The number of aromatic hydroxyl groups is 1. The molecule has 0 bridgehead atoms. The highest BCUT2D eigenvalue weighted by atomic mass is 16.3. The second-order valence-corrected chi connectivity index (χ2v) is 7.10. The van der Waals surface area contributed by atoms with Gasteiger partial charge in [0.1, 0.15) is 5.75 Å². The van der Waals surface area contributed by atoms with Crippen molar-refractivity contribution in [2.75, 3.05) is 0 Å². The maximum atomic E-state index is 10.9. The van der Waals surface area contributed by atoms with Crippen molar-refractivity contribution in [2.24, 2.45) is 0 Å². The lowest BCUT2D eigenvalue weighted by molar-refractivity contribution is 0.0277. The van der Waals surface area contributed by atoms with Crippen LogP contribution in [0.25, 0.3) is 0 Å². The van der Waals surface area contributed by atoms with Gasteiger partial charge in [0.25, 0.3) is 0 Å². The van der Waals surface area contributed by atoms with Crippen LogP contribution in [0.1, 0.15) is 75.6 Å². The van der Waals surface area contributed by atoms with Crippen molar-refractivity contribution in [2.45, 2.75) is 71.3 Å². The molecule has 0 atom stereocenters. The van der Waals surface area contributed by atoms with Crippen molar-refractivity contribution in [3.05, 3.63) is 64.7 Å². The highest BCUT2D eigenvalue weighted by Gasteiger charge is 2.33. The van der Waals surface area contributed by atoms with Crippen molar-refractivity contribution in [1.29, 1.82) is 0 Å². The minimum atomic E-state index is -0.748. The standard InChI is InChI=1S/C23H32O2/c1-6-22(7-2,18-10-13-20(24)14-11-18)19-12-15-21(17(5)16-19)23(25,8-3)9-4/h10-16,24-25H,6-9H2,1-5H3. The molecule has 2 heteroatoms. The zero-order valence-corrected chi connectivity index (χ0v) is 16.3. The second kappa shape index (κ2) is 7.61. The first-order chi connectivity index (χ1) is 11.9. The average Bonchev–Trinajstić information content (AvgIpc) is 2.64. The Labute approximate surface area is 152 Å². The van der Waals surface area contributed by atoms with Gasteiger partial charge in [0, 0.05) is 5.41 Å². The predicted molar refractivity (Wildman–Crippen MR) is 105 cm³/mol. The van der Waals surface area contributed by atoms with E-state index in [-0.39, 0.29) is 5.41 Å². The van der Waals surface area contributed by atoms with Crippen LogP contribution in [0, 0.1) is 6.92 Å². The van der Waals surface area contributed by atoms with Crippen molar-refractivity contribution in [1.82, 2.24) is 0 Å². The highest BCUT2D eigenvalue weighted by Crippen LogP contribution is 2.41. The van der Waals surface area contributed by atoms with E-state index in [1.54, 1.807) is 12.1 Å². The molecule has 2 aromatic rings. The molecular weight excluding hydrogens is 308 g/mol. The van der Waals surface area contributed by atoms with Gasteiger partial charge in [-0.25, -0.2) is 0 Å². The number of aliphatic hydroxyl groups is 1. The molecule has 0 radical (unpaired) electrons. The fraction of sp³-hybridized carbons (Fsp3) is 0.478. The lowest BCUT2D eigenvalue weighted by atomic mass is 9.69. The van der Waals surface area contributed by atoms with Crippen molar-refractivity contribution >= 4 is 0 Å². The van der Waals surface area contributed by atoms with E-state index < -0.39 is 5.60 Å². The lowest BCUT2D eigenvalue weighted by Gasteiger charge is -2.35. The van der Waals surface area contributed by atoms with E-state index >= 15 is 0 Å². The van der Waals surface area contributed by atoms with Crippen molar-refractivity contribution < 1.29 is 10.2 Å². The topological polar surface area (TPSA) is 40.5 Å². The first-order valence-electron chi connectivity index (χ1n) is 9.50. The summed E-state index contributed by atoms with van der Waals surface area (Å²) in [6.45, 7) is 10.6. The third-order valence-corrected chi connectivity index (χ3v) is 6.08. The predicted octanol–water partition coefficient (Wildman–Crippen LogP) is 5.81. The number of benzene rings is 2. The molecule has 2 rings (SSSR count). The van der Waals surface area contributed by atoms with E-state index in [9.17, 15) is 10.2 Å². The van der Waals surface area contributed by atoms with Crippen LogP contribution in [0.5, 0.6) is 5.75 Å². The van der Waals surface area contributed by atoms with Crippen LogP contribution in [0.2, 0.25) is 0 Å². The molecule has 0 amide bonds. The van der Waals surface area contributed by atoms with Crippen molar-refractivity contribution in [3.8, 4) is 5.75 Å². The number of phenols is 1. The summed E-state index contributed by atoms with van der Waals surface area (Å²) >= 11 is 0. The number of phenolic OH excluding ortho intramolecular Hbond substituents is 1. The number of hydrogen-bond donors (Lipinski definition) is 2. The monoisotopic (exact) mass is 340 g/mol. The van der Waals surface area contributed by atoms with Gasteiger partial charge in [-0.1, -0.05) is 58.0 Å². The summed E-state index contributed by atoms with van der Waals surface area (Å²) in [4.78, 5) is 0. The summed E-state index contributed by atoms with van der Waals surface area (Å²) in [7, 11) is 0. The van der Waals surface area contributed by atoms with Gasteiger partial charge < -0.3 is 10.2 Å². The number of aryl methyl sites for hydroxylation is 1. The molecule has 25 heavy (non-hydrogen) atoms. The largest absolute Gasteiger partial charge is 0.508 e. The van der Waals surface area contributed by atoms with Gasteiger partial charge in [-0.3, -0.25) is 0 Å². The second-order valence-electron chi connectivity index (χ2n) is 7.10. The smallest absolute Gasteiger partial charge is 0.115 e. The van der Waals surface area contributed by atoms with E-state index in [1.807, 2.05) is 26.0 Å². The van der Waals surface area contributed by atoms with Gasteiger partial charge in [-0.2, -0.15) is 0 Å². The van der Waals surface area contributed by atoms with Crippen LogP contribution in [-0.4, -0.2) is 10.2 Å². The molecule has 0 spiro atoms.